The first-order chi connectivity index (χ1) is 9.04. The molecular weight excluding hydrogens is 254 g/mol. The van der Waals surface area contributed by atoms with E-state index in [0.717, 1.165) is 5.06 Å². The van der Waals surface area contributed by atoms with E-state index < -0.39 is 23.9 Å². The Kier molecular flexibility index (Phi) is 3.89. The molecule has 8 heteroatoms. The van der Waals surface area contributed by atoms with E-state index in [1.807, 2.05) is 0 Å². The number of hydroxylamine groups is 2. The van der Waals surface area contributed by atoms with E-state index in [2.05, 4.69) is 0 Å². The van der Waals surface area contributed by atoms with E-state index in [9.17, 15) is 14.4 Å². The van der Waals surface area contributed by atoms with Crippen molar-refractivity contribution in [1.29, 1.82) is 0 Å². The molecule has 2 N–H and O–H groups in total. The highest BCUT2D eigenvalue weighted by Crippen LogP contribution is 2.29. The van der Waals surface area contributed by atoms with Gasteiger partial charge in [-0.1, -0.05) is 0 Å². The molecule has 0 aromatic carbocycles. The minimum absolute atomic E-state index is 0.141. The van der Waals surface area contributed by atoms with Gasteiger partial charge in [-0.25, -0.2) is 9.59 Å². The average Bonchev–Trinajstić information content (AvgIpc) is 2.60. The zero-order chi connectivity index (χ0) is 14.0. The van der Waals surface area contributed by atoms with Crippen molar-refractivity contribution >= 4 is 17.9 Å². The third-order valence-electron chi connectivity index (χ3n) is 3.28. The summed E-state index contributed by atoms with van der Waals surface area (Å²) in [7, 11) is 0. The molecule has 2 rings (SSSR count). The third-order valence-corrected chi connectivity index (χ3v) is 3.28. The van der Waals surface area contributed by atoms with Crippen molar-refractivity contribution in [3.05, 3.63) is 0 Å². The molecular formula is C11H17N3O5. The molecule has 0 aliphatic carbocycles. The maximum absolute atomic E-state index is 12.0. The fourth-order valence-electron chi connectivity index (χ4n) is 2.42. The first kappa shape index (κ1) is 13.6. The van der Waals surface area contributed by atoms with Crippen molar-refractivity contribution < 1.29 is 24.0 Å². The largest absolute Gasteiger partial charge is 0.464 e. The number of hydrogen-bond acceptors (Lipinski definition) is 5. The minimum atomic E-state index is -0.583. The minimum Gasteiger partial charge on any atom is -0.464 e. The molecule has 0 radical (unpaired) electrons. The number of rotatable bonds is 5. The monoisotopic (exact) mass is 271 g/mol. The zero-order valence-electron chi connectivity index (χ0n) is 10.7. The molecule has 0 aromatic heterocycles. The summed E-state index contributed by atoms with van der Waals surface area (Å²) in [4.78, 5) is 41.1. The van der Waals surface area contributed by atoms with Crippen molar-refractivity contribution in [3.63, 3.8) is 0 Å². The van der Waals surface area contributed by atoms with Gasteiger partial charge in [0.1, 0.15) is 6.04 Å². The van der Waals surface area contributed by atoms with Crippen LogP contribution in [0, 0.1) is 0 Å². The standard InChI is InChI=1S/C11H17N3O5/c1-2-18-9(15)6-19-14-7-3-4-8(10(12)16)13(5-7)11(14)17/h7-8H,2-6H2,1H3,(H2,12,16)/t7-,8+/m1/s1. The zero-order valence-corrected chi connectivity index (χ0v) is 10.7. The van der Waals surface area contributed by atoms with Crippen LogP contribution in [0.3, 0.4) is 0 Å². The van der Waals surface area contributed by atoms with Crippen LogP contribution in [0.2, 0.25) is 0 Å². The van der Waals surface area contributed by atoms with Gasteiger partial charge >= 0.3 is 12.0 Å². The van der Waals surface area contributed by atoms with Crippen molar-refractivity contribution in [1.82, 2.24) is 9.96 Å². The fourth-order valence-corrected chi connectivity index (χ4v) is 2.42. The van der Waals surface area contributed by atoms with Crippen LogP contribution in [-0.2, 0) is 19.2 Å². The van der Waals surface area contributed by atoms with Crippen molar-refractivity contribution in [2.75, 3.05) is 19.8 Å². The van der Waals surface area contributed by atoms with Gasteiger partial charge in [0.15, 0.2) is 6.61 Å². The Hall–Kier alpha value is -1.83. The number of urea groups is 1. The van der Waals surface area contributed by atoms with Crippen LogP contribution in [0.5, 0.6) is 0 Å². The van der Waals surface area contributed by atoms with Gasteiger partial charge < -0.3 is 15.4 Å². The van der Waals surface area contributed by atoms with Crippen LogP contribution in [0.4, 0.5) is 4.79 Å². The van der Waals surface area contributed by atoms with Crippen LogP contribution < -0.4 is 5.73 Å². The molecule has 2 aliphatic rings. The van der Waals surface area contributed by atoms with E-state index in [4.69, 9.17) is 15.3 Å². The van der Waals surface area contributed by atoms with Crippen molar-refractivity contribution in [2.24, 2.45) is 5.73 Å². The van der Waals surface area contributed by atoms with Gasteiger partial charge in [0, 0.05) is 6.54 Å². The lowest BCUT2D eigenvalue weighted by Gasteiger charge is -2.27. The SMILES string of the molecule is CCOC(=O)CON1C(=O)N2C[C@H]1CC[C@H]2C(N)=O. The number of esters is 1. The first-order valence-electron chi connectivity index (χ1n) is 6.22. The molecule has 0 spiro atoms. The lowest BCUT2D eigenvalue weighted by atomic mass is 10.0. The second kappa shape index (κ2) is 5.43. The number of nitrogens with two attached hydrogens (primary N) is 1. The van der Waals surface area contributed by atoms with Crippen LogP contribution >= 0.6 is 0 Å². The van der Waals surface area contributed by atoms with Crippen LogP contribution in [0.25, 0.3) is 0 Å². The maximum atomic E-state index is 12.0. The average molecular weight is 271 g/mol. The summed E-state index contributed by atoms with van der Waals surface area (Å²) in [5.41, 5.74) is 5.25. The van der Waals surface area contributed by atoms with E-state index >= 15 is 0 Å². The summed E-state index contributed by atoms with van der Waals surface area (Å²) in [5.74, 6) is -1.04. The van der Waals surface area contributed by atoms with E-state index in [-0.39, 0.29) is 19.3 Å². The van der Waals surface area contributed by atoms with Crippen LogP contribution in [-0.4, -0.2) is 59.7 Å². The maximum Gasteiger partial charge on any atom is 0.345 e. The quantitative estimate of drug-likeness (QED) is 0.662. The van der Waals surface area contributed by atoms with Gasteiger partial charge in [0.25, 0.3) is 0 Å². The van der Waals surface area contributed by atoms with Gasteiger partial charge in [-0.05, 0) is 19.8 Å². The Balaban J connectivity index is 1.95. The Morgan fingerprint density at radius 1 is 1.42 bits per heavy atom. The predicted octanol–water partition coefficient (Wildman–Crippen LogP) is -0.765. The summed E-state index contributed by atoms with van der Waals surface area (Å²) in [6.45, 7) is 2.03. The van der Waals surface area contributed by atoms with Gasteiger partial charge in [-0.15, -0.1) is 0 Å². The lowest BCUT2D eigenvalue weighted by molar-refractivity contribution is -0.172. The van der Waals surface area contributed by atoms with Gasteiger partial charge in [-0.3, -0.25) is 9.63 Å². The highest BCUT2D eigenvalue weighted by molar-refractivity contribution is 5.87. The Morgan fingerprint density at radius 3 is 2.79 bits per heavy atom. The number of nitrogens with zero attached hydrogens (tertiary/aromatic N) is 2. The topological polar surface area (TPSA) is 102 Å². The van der Waals surface area contributed by atoms with Crippen LogP contribution in [0.15, 0.2) is 0 Å². The second-order valence-corrected chi connectivity index (χ2v) is 4.49. The molecule has 2 saturated heterocycles. The fraction of sp³-hybridized carbons (Fsp3) is 0.727. The number of fused-ring (bicyclic) bond motifs is 2. The second-order valence-electron chi connectivity index (χ2n) is 4.49. The lowest BCUT2D eigenvalue weighted by Crippen LogP contribution is -2.47. The predicted molar refractivity (Wildman–Crippen MR) is 62.5 cm³/mol. The Morgan fingerprint density at radius 2 is 2.16 bits per heavy atom. The molecule has 106 valence electrons. The summed E-state index contributed by atoms with van der Waals surface area (Å²) in [5, 5.41) is 1.15. The molecule has 2 fully saturated rings. The van der Waals surface area contributed by atoms with Crippen LogP contribution in [0.1, 0.15) is 19.8 Å². The van der Waals surface area contributed by atoms with Gasteiger partial charge in [0.2, 0.25) is 5.91 Å². The van der Waals surface area contributed by atoms with Crippen molar-refractivity contribution in [2.45, 2.75) is 31.8 Å². The van der Waals surface area contributed by atoms with E-state index in [1.165, 1.54) is 4.90 Å². The van der Waals surface area contributed by atoms with Gasteiger partial charge in [-0.2, -0.15) is 5.06 Å². The molecule has 2 bridgehead atoms. The first-order valence-corrected chi connectivity index (χ1v) is 6.22. The molecule has 0 saturated carbocycles. The number of primary amides is 1. The van der Waals surface area contributed by atoms with Gasteiger partial charge in [0.05, 0.1) is 12.6 Å². The molecule has 19 heavy (non-hydrogen) atoms. The molecule has 2 aliphatic heterocycles. The smallest absolute Gasteiger partial charge is 0.345 e. The summed E-state index contributed by atoms with van der Waals surface area (Å²) < 4.78 is 4.72. The van der Waals surface area contributed by atoms with E-state index in [1.54, 1.807) is 6.92 Å². The summed E-state index contributed by atoms with van der Waals surface area (Å²) in [6, 6.07) is -1.15. The number of ether oxygens (including phenoxy) is 1. The third kappa shape index (κ3) is 2.62. The Labute approximate surface area is 110 Å². The number of carbonyl (C=O) groups is 3. The highest BCUT2D eigenvalue weighted by Gasteiger charge is 2.47. The highest BCUT2D eigenvalue weighted by atomic mass is 16.7. The van der Waals surface area contributed by atoms with Crippen molar-refractivity contribution in [3.8, 4) is 0 Å². The number of carbonyl (C=O) groups excluding carboxylic acids is 3. The molecule has 8 nitrogen and oxygen atoms in total. The number of piperidine rings is 1. The van der Waals surface area contributed by atoms with E-state index in [0.29, 0.717) is 19.4 Å². The molecule has 2 atom stereocenters. The number of hydrogen-bond donors (Lipinski definition) is 1. The molecule has 2 heterocycles. The number of amides is 3. The molecule has 0 unspecified atom stereocenters. The molecule has 0 aromatic rings. The summed E-state index contributed by atoms with van der Waals surface area (Å²) in [6.07, 6.45) is 1.14. The normalized spacial score (nSPS) is 25.6. The molecule has 3 amide bonds. The Bertz CT molecular complexity index is 400. The summed E-state index contributed by atoms with van der Waals surface area (Å²) >= 11 is 0.